The number of hydrogen-bond donors (Lipinski definition) is 1. The highest BCUT2D eigenvalue weighted by molar-refractivity contribution is 7.99. The maximum absolute atomic E-state index is 13.1. The van der Waals surface area contributed by atoms with E-state index in [1.165, 1.54) is 41.9 Å². The molecule has 0 spiro atoms. The van der Waals surface area contributed by atoms with Crippen molar-refractivity contribution in [3.05, 3.63) is 54.1 Å². The molecule has 0 aliphatic carbocycles. The van der Waals surface area contributed by atoms with E-state index in [0.717, 1.165) is 17.1 Å². The number of hydrogen-bond acceptors (Lipinski definition) is 4. The van der Waals surface area contributed by atoms with E-state index in [-0.39, 0.29) is 23.9 Å². The molecule has 0 aliphatic rings. The van der Waals surface area contributed by atoms with Crippen LogP contribution >= 0.6 is 11.8 Å². The number of halogens is 3. The van der Waals surface area contributed by atoms with Crippen molar-refractivity contribution in [3.63, 3.8) is 0 Å². The van der Waals surface area contributed by atoms with Crippen LogP contribution in [-0.2, 0) is 22.3 Å². The highest BCUT2D eigenvalue weighted by Crippen LogP contribution is 2.34. The molecule has 0 saturated heterocycles. The number of rotatable bonds is 7. The fourth-order valence-electron chi connectivity index (χ4n) is 3.04. The summed E-state index contributed by atoms with van der Waals surface area (Å²) < 4.78 is 41.2. The summed E-state index contributed by atoms with van der Waals surface area (Å²) in [6.45, 7) is 2.30. The molecule has 31 heavy (non-hydrogen) atoms. The van der Waals surface area contributed by atoms with E-state index in [0.29, 0.717) is 11.7 Å². The molecule has 0 fully saturated rings. The largest absolute Gasteiger partial charge is 0.418 e. The molecule has 2 amide bonds. The van der Waals surface area contributed by atoms with Crippen molar-refractivity contribution in [2.24, 2.45) is 0 Å². The predicted molar refractivity (Wildman–Crippen MR) is 114 cm³/mol. The highest BCUT2D eigenvalue weighted by atomic mass is 32.2. The standard InChI is InChI=1S/C21H21F3N4O2S/c1-3-28-17-11-7-6-10-16(17)26-20(28)31-13-19(30)27(2)12-18(29)25-15-9-5-4-8-14(15)21(22,23)24/h4-11H,3,12-13H2,1-2H3,(H,25,29). The minimum atomic E-state index is -4.59. The van der Waals surface area contributed by atoms with E-state index in [1.807, 2.05) is 35.8 Å². The quantitative estimate of drug-likeness (QED) is 0.546. The van der Waals surface area contributed by atoms with Crippen molar-refractivity contribution in [3.8, 4) is 0 Å². The van der Waals surface area contributed by atoms with Gasteiger partial charge in [-0.2, -0.15) is 13.2 Å². The van der Waals surface area contributed by atoms with Gasteiger partial charge in [-0.05, 0) is 31.2 Å². The molecule has 0 saturated carbocycles. The first-order valence-electron chi connectivity index (χ1n) is 9.48. The van der Waals surface area contributed by atoms with Gasteiger partial charge in [0.1, 0.15) is 0 Å². The second-order valence-corrected chi connectivity index (χ2v) is 7.70. The van der Waals surface area contributed by atoms with Crippen LogP contribution in [0.4, 0.5) is 18.9 Å². The zero-order valence-corrected chi connectivity index (χ0v) is 17.8. The zero-order chi connectivity index (χ0) is 22.6. The van der Waals surface area contributed by atoms with Crippen LogP contribution in [0, 0.1) is 0 Å². The van der Waals surface area contributed by atoms with Crippen LogP contribution < -0.4 is 5.32 Å². The minimum Gasteiger partial charge on any atom is -0.336 e. The van der Waals surface area contributed by atoms with Crippen LogP contribution in [0.1, 0.15) is 12.5 Å². The Morgan fingerprint density at radius 3 is 2.52 bits per heavy atom. The molecule has 0 unspecified atom stereocenters. The Labute approximate surface area is 181 Å². The van der Waals surface area contributed by atoms with Crippen molar-refractivity contribution in [1.29, 1.82) is 0 Å². The molecule has 164 valence electrons. The second-order valence-electron chi connectivity index (χ2n) is 6.76. The summed E-state index contributed by atoms with van der Waals surface area (Å²) >= 11 is 1.25. The number of carbonyl (C=O) groups is 2. The van der Waals surface area contributed by atoms with E-state index < -0.39 is 17.6 Å². The summed E-state index contributed by atoms with van der Waals surface area (Å²) in [5.41, 5.74) is 0.518. The Hall–Kier alpha value is -3.01. The second kappa shape index (κ2) is 9.42. The van der Waals surface area contributed by atoms with E-state index in [1.54, 1.807) is 0 Å². The van der Waals surface area contributed by atoms with E-state index in [4.69, 9.17) is 0 Å². The summed E-state index contributed by atoms with van der Waals surface area (Å²) in [5, 5.41) is 2.93. The fraction of sp³-hybridized carbons (Fsp3) is 0.286. The number of alkyl halides is 3. The van der Waals surface area contributed by atoms with E-state index >= 15 is 0 Å². The summed E-state index contributed by atoms with van der Waals surface area (Å²) in [7, 11) is 1.43. The van der Waals surface area contributed by atoms with Crippen LogP contribution in [0.25, 0.3) is 11.0 Å². The van der Waals surface area contributed by atoms with Crippen molar-refractivity contribution in [2.75, 3.05) is 24.7 Å². The molecule has 10 heteroatoms. The lowest BCUT2D eigenvalue weighted by Gasteiger charge is -2.18. The van der Waals surface area contributed by atoms with Crippen molar-refractivity contribution >= 4 is 40.3 Å². The molecule has 0 atom stereocenters. The van der Waals surface area contributed by atoms with Gasteiger partial charge in [-0.25, -0.2) is 4.98 Å². The topological polar surface area (TPSA) is 67.2 Å². The monoisotopic (exact) mass is 450 g/mol. The average molecular weight is 450 g/mol. The number of nitrogens with zero attached hydrogens (tertiary/aromatic N) is 3. The lowest BCUT2D eigenvalue weighted by atomic mass is 10.1. The summed E-state index contributed by atoms with van der Waals surface area (Å²) in [5.74, 6) is -0.996. The lowest BCUT2D eigenvalue weighted by Crippen LogP contribution is -2.36. The van der Waals surface area contributed by atoms with Crippen LogP contribution in [0.2, 0.25) is 0 Å². The maximum atomic E-state index is 13.1. The number of thioether (sulfide) groups is 1. The third kappa shape index (κ3) is 5.38. The number of fused-ring (bicyclic) bond motifs is 1. The molecule has 0 radical (unpaired) electrons. The molecule has 1 aromatic heterocycles. The number of likely N-dealkylation sites (N-methyl/N-ethyl adjacent to an activating group) is 1. The number of amides is 2. The maximum Gasteiger partial charge on any atom is 0.418 e. The average Bonchev–Trinajstić information content (AvgIpc) is 3.08. The summed E-state index contributed by atoms with van der Waals surface area (Å²) in [6, 6.07) is 12.4. The van der Waals surface area contributed by atoms with Crippen LogP contribution in [0.3, 0.4) is 0 Å². The Kier molecular flexibility index (Phi) is 6.89. The van der Waals surface area contributed by atoms with Gasteiger partial charge in [-0.15, -0.1) is 0 Å². The van der Waals surface area contributed by atoms with Gasteiger partial charge in [0, 0.05) is 13.6 Å². The van der Waals surface area contributed by atoms with Gasteiger partial charge < -0.3 is 14.8 Å². The molecule has 2 aromatic carbocycles. The van der Waals surface area contributed by atoms with Gasteiger partial charge in [-0.3, -0.25) is 9.59 Å². The molecular formula is C21H21F3N4O2S. The van der Waals surface area contributed by atoms with Gasteiger partial charge in [0.05, 0.1) is 34.6 Å². The number of anilines is 1. The van der Waals surface area contributed by atoms with E-state index in [2.05, 4.69) is 10.3 Å². The molecule has 0 aliphatic heterocycles. The molecular weight excluding hydrogens is 429 g/mol. The van der Waals surface area contributed by atoms with Crippen molar-refractivity contribution in [1.82, 2.24) is 14.5 Å². The van der Waals surface area contributed by atoms with Gasteiger partial charge >= 0.3 is 6.18 Å². The summed E-state index contributed by atoms with van der Waals surface area (Å²) in [6.07, 6.45) is -4.59. The first kappa shape index (κ1) is 22.7. The zero-order valence-electron chi connectivity index (χ0n) is 16.9. The Balaban J connectivity index is 1.60. The van der Waals surface area contributed by atoms with Gasteiger partial charge in [0.25, 0.3) is 0 Å². The predicted octanol–water partition coefficient (Wildman–Crippen LogP) is 4.26. The van der Waals surface area contributed by atoms with Crippen molar-refractivity contribution < 1.29 is 22.8 Å². The number of aryl methyl sites for hydroxylation is 1. The Morgan fingerprint density at radius 1 is 1.13 bits per heavy atom. The lowest BCUT2D eigenvalue weighted by molar-refractivity contribution is -0.137. The van der Waals surface area contributed by atoms with Crippen LogP contribution in [-0.4, -0.2) is 45.6 Å². The normalized spacial score (nSPS) is 11.5. The highest BCUT2D eigenvalue weighted by Gasteiger charge is 2.33. The Bertz CT molecular complexity index is 1100. The van der Waals surface area contributed by atoms with Gasteiger partial charge in [-0.1, -0.05) is 36.0 Å². The molecule has 3 aromatic rings. The molecule has 1 heterocycles. The third-order valence-electron chi connectivity index (χ3n) is 4.57. The number of nitrogens with one attached hydrogen (secondary N) is 1. The molecule has 1 N–H and O–H groups in total. The number of carbonyl (C=O) groups excluding carboxylic acids is 2. The fourth-order valence-corrected chi connectivity index (χ4v) is 4.06. The van der Waals surface area contributed by atoms with Gasteiger partial charge in [0.15, 0.2) is 5.16 Å². The minimum absolute atomic E-state index is 0.0479. The molecule has 0 bridgehead atoms. The van der Waals surface area contributed by atoms with Crippen LogP contribution in [0.15, 0.2) is 53.7 Å². The van der Waals surface area contributed by atoms with Crippen molar-refractivity contribution in [2.45, 2.75) is 24.8 Å². The van der Waals surface area contributed by atoms with E-state index in [9.17, 15) is 22.8 Å². The number of benzene rings is 2. The SMILES string of the molecule is CCn1c(SCC(=O)N(C)CC(=O)Nc2ccccc2C(F)(F)F)nc2ccccc21. The van der Waals surface area contributed by atoms with Crippen LogP contribution in [0.5, 0.6) is 0 Å². The molecule has 3 rings (SSSR count). The Morgan fingerprint density at radius 2 is 1.81 bits per heavy atom. The summed E-state index contributed by atoms with van der Waals surface area (Å²) in [4.78, 5) is 30.4. The number of imidazole rings is 1. The number of para-hydroxylation sites is 3. The first-order valence-corrected chi connectivity index (χ1v) is 10.5. The first-order chi connectivity index (χ1) is 14.7. The third-order valence-corrected chi connectivity index (χ3v) is 5.53. The number of aromatic nitrogens is 2. The van der Waals surface area contributed by atoms with Gasteiger partial charge in [0.2, 0.25) is 11.8 Å². The molecule has 6 nitrogen and oxygen atoms in total. The smallest absolute Gasteiger partial charge is 0.336 e.